The maximum atomic E-state index is 10.5. The second-order valence-electron chi connectivity index (χ2n) is 5.46. The average Bonchev–Trinajstić information content (AvgIpc) is 3.34. The van der Waals surface area contributed by atoms with Crippen LogP contribution in [0.4, 0.5) is 0 Å². The fraction of sp³-hybridized carbons (Fsp3) is 0.625. The number of hydrogen-bond acceptors (Lipinski definition) is 5. The van der Waals surface area contributed by atoms with Crippen LogP contribution in [0.25, 0.3) is 0 Å². The van der Waals surface area contributed by atoms with Gasteiger partial charge in [0.2, 0.25) is 0 Å². The molecule has 21 heavy (non-hydrogen) atoms. The molecule has 0 radical (unpaired) electrons. The summed E-state index contributed by atoms with van der Waals surface area (Å²) in [5, 5.41) is 10.5. The van der Waals surface area contributed by atoms with Gasteiger partial charge in [0.25, 0.3) is 0 Å². The van der Waals surface area contributed by atoms with E-state index in [1.807, 2.05) is 53.9 Å². The van der Waals surface area contributed by atoms with Crippen LogP contribution in [0.1, 0.15) is 18.4 Å². The molecule has 5 heteroatoms. The Labute approximate surface area is 134 Å². The summed E-state index contributed by atoms with van der Waals surface area (Å²) >= 11 is 3.92. The van der Waals surface area contributed by atoms with Crippen LogP contribution in [0.3, 0.4) is 0 Å². The zero-order valence-electron chi connectivity index (χ0n) is 12.0. The number of benzene rings is 1. The van der Waals surface area contributed by atoms with E-state index in [0.29, 0.717) is 17.8 Å². The van der Waals surface area contributed by atoms with E-state index in [1.165, 1.54) is 17.9 Å². The van der Waals surface area contributed by atoms with Crippen molar-refractivity contribution in [1.29, 1.82) is 0 Å². The average molecular weight is 326 g/mol. The topological polar surface area (TPSA) is 42.0 Å². The molecule has 1 aromatic carbocycles. The molecule has 2 saturated heterocycles. The van der Waals surface area contributed by atoms with Crippen LogP contribution >= 0.6 is 23.5 Å². The van der Waals surface area contributed by atoms with E-state index < -0.39 is 6.10 Å². The van der Waals surface area contributed by atoms with Gasteiger partial charge >= 0.3 is 0 Å². The first-order chi connectivity index (χ1) is 10.3. The predicted octanol–water partition coefficient (Wildman–Crippen LogP) is 2.92. The van der Waals surface area contributed by atoms with Gasteiger partial charge < -0.3 is 14.6 Å². The molecule has 2 aliphatic rings. The third-order valence-corrected chi connectivity index (χ3v) is 6.71. The highest BCUT2D eigenvalue weighted by atomic mass is 32.2. The summed E-state index contributed by atoms with van der Waals surface area (Å²) < 4.78 is 11.8. The number of aliphatic hydroxyl groups is 1. The molecular formula is C16H22O3S2. The molecule has 1 N–H and O–H groups in total. The molecule has 3 nitrogen and oxygen atoms in total. The van der Waals surface area contributed by atoms with E-state index in [1.54, 1.807) is 0 Å². The van der Waals surface area contributed by atoms with Gasteiger partial charge in [-0.2, -0.15) is 0 Å². The van der Waals surface area contributed by atoms with Crippen molar-refractivity contribution in [1.82, 2.24) is 0 Å². The van der Waals surface area contributed by atoms with E-state index in [-0.39, 0.29) is 12.2 Å². The summed E-state index contributed by atoms with van der Waals surface area (Å²) in [4.78, 5) is 0. The lowest BCUT2D eigenvalue weighted by atomic mass is 10.1. The normalized spacial score (nSPS) is 25.5. The van der Waals surface area contributed by atoms with Crippen LogP contribution in [0.5, 0.6) is 0 Å². The Morgan fingerprint density at radius 2 is 1.95 bits per heavy atom. The fourth-order valence-corrected chi connectivity index (χ4v) is 5.44. The maximum Gasteiger partial charge on any atom is 0.112 e. The third kappa shape index (κ3) is 4.89. The summed E-state index contributed by atoms with van der Waals surface area (Å²) in [5.41, 5.74) is 1.14. The monoisotopic (exact) mass is 326 g/mol. The molecular weight excluding hydrogens is 304 g/mol. The van der Waals surface area contributed by atoms with Crippen molar-refractivity contribution in [3.05, 3.63) is 35.9 Å². The van der Waals surface area contributed by atoms with Gasteiger partial charge in [0.1, 0.15) is 12.2 Å². The number of rotatable bonds is 7. The SMILES string of the molecule is O[C@@H](CC1SCCCS1)[C@@H](OCc1ccccc1)[C@@H]1CO1. The molecule has 2 aliphatic heterocycles. The summed E-state index contributed by atoms with van der Waals surface area (Å²) in [5.74, 6) is 2.42. The van der Waals surface area contributed by atoms with Gasteiger partial charge in [0.15, 0.2) is 0 Å². The molecule has 3 atom stereocenters. The first-order valence-electron chi connectivity index (χ1n) is 7.51. The lowest BCUT2D eigenvalue weighted by molar-refractivity contribution is -0.0597. The number of hydrogen-bond donors (Lipinski definition) is 1. The van der Waals surface area contributed by atoms with Gasteiger partial charge in [0, 0.05) is 0 Å². The molecule has 2 fully saturated rings. The van der Waals surface area contributed by atoms with Crippen molar-refractivity contribution in [3.8, 4) is 0 Å². The van der Waals surface area contributed by atoms with Gasteiger partial charge in [-0.1, -0.05) is 30.3 Å². The molecule has 0 unspecified atom stereocenters. The molecule has 1 aromatic rings. The second kappa shape index (κ2) is 7.88. The van der Waals surface area contributed by atoms with Crippen molar-refractivity contribution >= 4 is 23.5 Å². The van der Waals surface area contributed by atoms with Gasteiger partial charge in [-0.25, -0.2) is 0 Å². The molecule has 3 rings (SSSR count). The van der Waals surface area contributed by atoms with Gasteiger partial charge in [-0.3, -0.25) is 0 Å². The van der Waals surface area contributed by atoms with E-state index in [0.717, 1.165) is 12.0 Å². The molecule has 0 spiro atoms. The minimum absolute atomic E-state index is 0.0716. The lowest BCUT2D eigenvalue weighted by Gasteiger charge is -2.27. The highest BCUT2D eigenvalue weighted by molar-refractivity contribution is 8.17. The summed E-state index contributed by atoms with van der Waals surface area (Å²) in [6.45, 7) is 1.24. The van der Waals surface area contributed by atoms with Crippen molar-refractivity contribution in [2.75, 3.05) is 18.1 Å². The lowest BCUT2D eigenvalue weighted by Crippen LogP contribution is -2.36. The fourth-order valence-electron chi connectivity index (χ4n) is 2.48. The minimum atomic E-state index is -0.440. The van der Waals surface area contributed by atoms with E-state index in [4.69, 9.17) is 9.47 Å². The van der Waals surface area contributed by atoms with Crippen molar-refractivity contribution in [3.63, 3.8) is 0 Å². The summed E-state index contributed by atoms with van der Waals surface area (Å²) in [7, 11) is 0. The van der Waals surface area contributed by atoms with Gasteiger partial charge in [0.05, 0.1) is 23.9 Å². The highest BCUT2D eigenvalue weighted by Crippen LogP contribution is 2.35. The molecule has 0 aliphatic carbocycles. The third-order valence-electron chi connectivity index (χ3n) is 3.72. The van der Waals surface area contributed by atoms with Crippen LogP contribution in [-0.2, 0) is 16.1 Å². The zero-order valence-corrected chi connectivity index (χ0v) is 13.7. The van der Waals surface area contributed by atoms with Crippen LogP contribution in [0, 0.1) is 0 Å². The van der Waals surface area contributed by atoms with E-state index in [9.17, 15) is 5.11 Å². The Morgan fingerprint density at radius 3 is 2.62 bits per heavy atom. The summed E-state index contributed by atoms with van der Waals surface area (Å²) in [6, 6.07) is 10.1. The minimum Gasteiger partial charge on any atom is -0.390 e. The Hall–Kier alpha value is -0.200. The Morgan fingerprint density at radius 1 is 1.24 bits per heavy atom. The highest BCUT2D eigenvalue weighted by Gasteiger charge is 2.39. The van der Waals surface area contributed by atoms with E-state index >= 15 is 0 Å². The van der Waals surface area contributed by atoms with Gasteiger partial charge in [-0.05, 0) is 29.9 Å². The molecule has 0 bridgehead atoms. The van der Waals surface area contributed by atoms with Gasteiger partial charge in [-0.15, -0.1) is 23.5 Å². The van der Waals surface area contributed by atoms with Crippen LogP contribution < -0.4 is 0 Å². The maximum absolute atomic E-state index is 10.5. The standard InChI is InChI=1S/C16H22O3S2/c17-13(9-15-20-7-4-8-21-15)16(14-11-18-14)19-10-12-5-2-1-3-6-12/h1-3,5-6,13-17H,4,7-11H2/t13-,14-,16+/m0/s1. The number of ether oxygens (including phenoxy) is 2. The first-order valence-corrected chi connectivity index (χ1v) is 9.61. The Balaban J connectivity index is 1.51. The van der Waals surface area contributed by atoms with Crippen LogP contribution in [0.15, 0.2) is 30.3 Å². The molecule has 0 saturated carbocycles. The molecule has 116 valence electrons. The van der Waals surface area contributed by atoms with Crippen LogP contribution in [-0.4, -0.2) is 46.1 Å². The first kappa shape index (κ1) is 15.7. The molecule has 2 heterocycles. The number of epoxide rings is 1. The summed E-state index contributed by atoms with van der Waals surface area (Å²) in [6.07, 6.45) is 1.50. The number of thioether (sulfide) groups is 2. The quantitative estimate of drug-likeness (QED) is 0.780. The van der Waals surface area contributed by atoms with Crippen LogP contribution in [0.2, 0.25) is 0 Å². The van der Waals surface area contributed by atoms with E-state index in [2.05, 4.69) is 0 Å². The van der Waals surface area contributed by atoms with Crippen molar-refractivity contribution < 1.29 is 14.6 Å². The smallest absolute Gasteiger partial charge is 0.112 e. The Kier molecular flexibility index (Phi) is 5.89. The van der Waals surface area contributed by atoms with Crippen molar-refractivity contribution in [2.45, 2.75) is 42.3 Å². The van der Waals surface area contributed by atoms with Crippen molar-refractivity contribution in [2.24, 2.45) is 0 Å². The molecule has 0 amide bonds. The largest absolute Gasteiger partial charge is 0.390 e. The Bertz CT molecular complexity index is 419. The number of aliphatic hydroxyl groups excluding tert-OH is 1. The zero-order chi connectivity index (χ0) is 14.5. The molecule has 0 aromatic heterocycles. The predicted molar refractivity (Wildman–Crippen MR) is 88.7 cm³/mol. The second-order valence-corrected chi connectivity index (χ2v) is 8.38.